The zero-order chi connectivity index (χ0) is 12.3. The van der Waals surface area contributed by atoms with Gasteiger partial charge in [-0.2, -0.15) is 0 Å². The van der Waals surface area contributed by atoms with Gasteiger partial charge in [-0.15, -0.1) is 0 Å². The van der Waals surface area contributed by atoms with E-state index in [2.05, 4.69) is 27.6 Å². The highest BCUT2D eigenvalue weighted by molar-refractivity contribution is 14.1. The first kappa shape index (κ1) is 12.1. The summed E-state index contributed by atoms with van der Waals surface area (Å²) in [6, 6.07) is 11.1. The lowest BCUT2D eigenvalue weighted by molar-refractivity contribution is 0.608. The van der Waals surface area contributed by atoms with Gasteiger partial charge in [0.25, 0.3) is 5.56 Å². The molecular formula is C12H11IN2O2. The highest BCUT2D eigenvalue weighted by Crippen LogP contribution is 2.18. The van der Waals surface area contributed by atoms with Crippen LogP contribution in [0.15, 0.2) is 52.2 Å². The van der Waals surface area contributed by atoms with Crippen LogP contribution in [-0.2, 0) is 0 Å². The van der Waals surface area contributed by atoms with Gasteiger partial charge < -0.3 is 0 Å². The van der Waals surface area contributed by atoms with Gasteiger partial charge in [0.15, 0.2) is 0 Å². The highest BCUT2D eigenvalue weighted by Gasteiger charge is 2.13. The topological polar surface area (TPSA) is 54.9 Å². The first-order valence-corrected chi connectivity index (χ1v) is 6.67. The lowest BCUT2D eigenvalue weighted by Crippen LogP contribution is -2.32. The summed E-state index contributed by atoms with van der Waals surface area (Å²) in [5.41, 5.74) is 0.311. The Hall–Kier alpha value is -1.37. The Kier molecular flexibility index (Phi) is 3.78. The Morgan fingerprint density at radius 2 is 1.88 bits per heavy atom. The number of halogens is 1. The second-order valence-electron chi connectivity index (χ2n) is 3.60. The Morgan fingerprint density at radius 1 is 1.18 bits per heavy atom. The zero-order valence-corrected chi connectivity index (χ0v) is 11.1. The van der Waals surface area contributed by atoms with Crippen molar-refractivity contribution in [1.29, 1.82) is 0 Å². The van der Waals surface area contributed by atoms with Gasteiger partial charge in [0.05, 0.1) is 6.04 Å². The van der Waals surface area contributed by atoms with Gasteiger partial charge in [-0.25, -0.2) is 4.79 Å². The van der Waals surface area contributed by atoms with Crippen LogP contribution in [0.2, 0.25) is 0 Å². The van der Waals surface area contributed by atoms with Crippen LogP contribution in [0.25, 0.3) is 0 Å². The number of aromatic nitrogens is 2. The minimum absolute atomic E-state index is 0.0545. The van der Waals surface area contributed by atoms with E-state index >= 15 is 0 Å². The number of aromatic amines is 1. The molecule has 1 N–H and O–H groups in total. The van der Waals surface area contributed by atoms with E-state index in [0.29, 0.717) is 0 Å². The van der Waals surface area contributed by atoms with Gasteiger partial charge in [-0.3, -0.25) is 14.3 Å². The minimum atomic E-state index is -0.372. The van der Waals surface area contributed by atoms with Crippen molar-refractivity contribution in [3.63, 3.8) is 0 Å². The molecule has 17 heavy (non-hydrogen) atoms. The lowest BCUT2D eigenvalue weighted by atomic mass is 10.1. The third kappa shape index (κ3) is 2.66. The fourth-order valence-electron chi connectivity index (χ4n) is 1.67. The molecule has 0 radical (unpaired) electrons. The third-order valence-electron chi connectivity index (χ3n) is 2.52. The van der Waals surface area contributed by atoms with Crippen molar-refractivity contribution in [2.75, 3.05) is 4.43 Å². The van der Waals surface area contributed by atoms with Gasteiger partial charge in [-0.1, -0.05) is 52.9 Å². The van der Waals surface area contributed by atoms with Crippen molar-refractivity contribution in [3.8, 4) is 0 Å². The predicted octanol–water partition coefficient (Wildman–Crippen LogP) is 1.56. The molecule has 0 amide bonds. The molecule has 1 heterocycles. The van der Waals surface area contributed by atoms with E-state index < -0.39 is 0 Å². The minimum Gasteiger partial charge on any atom is -0.292 e. The molecule has 0 saturated carbocycles. The molecule has 0 aliphatic carbocycles. The van der Waals surface area contributed by atoms with E-state index in [-0.39, 0.29) is 17.3 Å². The third-order valence-corrected chi connectivity index (χ3v) is 3.35. The number of alkyl halides is 1. The molecule has 0 spiro atoms. The van der Waals surface area contributed by atoms with Crippen LogP contribution in [0.1, 0.15) is 11.6 Å². The first-order chi connectivity index (χ1) is 8.22. The summed E-state index contributed by atoms with van der Waals surface area (Å²) in [5, 5.41) is 0. The molecule has 1 unspecified atom stereocenters. The standard InChI is InChI=1S/C12H11IN2O2/c13-8-10(9-4-2-1-3-5-9)15-7-6-11(16)14-12(15)17/h1-7,10H,8H2,(H,14,16,17). The summed E-state index contributed by atoms with van der Waals surface area (Å²) in [7, 11) is 0. The normalized spacial score (nSPS) is 12.3. The zero-order valence-electron chi connectivity index (χ0n) is 8.97. The monoisotopic (exact) mass is 342 g/mol. The Labute approximate surface area is 111 Å². The van der Waals surface area contributed by atoms with Crippen LogP contribution in [0, 0.1) is 0 Å². The molecule has 1 aromatic heterocycles. The number of nitrogens with zero attached hydrogens (tertiary/aromatic N) is 1. The van der Waals surface area contributed by atoms with Crippen LogP contribution in [0.4, 0.5) is 0 Å². The first-order valence-electron chi connectivity index (χ1n) is 5.15. The Morgan fingerprint density at radius 3 is 2.47 bits per heavy atom. The molecule has 0 fully saturated rings. The highest BCUT2D eigenvalue weighted by atomic mass is 127. The SMILES string of the molecule is O=c1ccn(C(CI)c2ccccc2)c(=O)[nH]1. The number of hydrogen-bond donors (Lipinski definition) is 1. The predicted molar refractivity (Wildman–Crippen MR) is 74.8 cm³/mol. The summed E-state index contributed by atoms with van der Waals surface area (Å²) in [5.74, 6) is 0. The van der Waals surface area contributed by atoms with E-state index in [1.165, 1.54) is 12.3 Å². The van der Waals surface area contributed by atoms with Crippen LogP contribution in [0.3, 0.4) is 0 Å². The fraction of sp³-hybridized carbons (Fsp3) is 0.167. The van der Waals surface area contributed by atoms with E-state index in [1.807, 2.05) is 30.3 Å². The number of nitrogens with one attached hydrogen (secondary N) is 1. The largest absolute Gasteiger partial charge is 0.328 e. The summed E-state index contributed by atoms with van der Waals surface area (Å²) in [6.45, 7) is 0. The van der Waals surface area contributed by atoms with Crippen molar-refractivity contribution in [2.45, 2.75) is 6.04 Å². The van der Waals surface area contributed by atoms with E-state index in [9.17, 15) is 9.59 Å². The second-order valence-corrected chi connectivity index (χ2v) is 4.48. The van der Waals surface area contributed by atoms with Crippen LogP contribution in [-0.4, -0.2) is 14.0 Å². The summed E-state index contributed by atoms with van der Waals surface area (Å²) < 4.78 is 2.30. The lowest BCUT2D eigenvalue weighted by Gasteiger charge is -2.16. The van der Waals surface area contributed by atoms with Crippen molar-refractivity contribution in [2.24, 2.45) is 0 Å². The molecule has 1 aromatic carbocycles. The fourth-order valence-corrected chi connectivity index (χ4v) is 2.60. The van der Waals surface area contributed by atoms with Gasteiger partial charge in [-0.05, 0) is 5.56 Å². The molecule has 88 valence electrons. The summed E-state index contributed by atoms with van der Waals surface area (Å²) in [6.07, 6.45) is 1.54. The molecule has 4 nitrogen and oxygen atoms in total. The van der Waals surface area contributed by atoms with E-state index in [4.69, 9.17) is 0 Å². The van der Waals surface area contributed by atoms with E-state index in [0.717, 1.165) is 9.99 Å². The van der Waals surface area contributed by atoms with Crippen molar-refractivity contribution < 1.29 is 0 Å². The average molecular weight is 342 g/mol. The number of hydrogen-bond acceptors (Lipinski definition) is 2. The van der Waals surface area contributed by atoms with Gasteiger partial charge >= 0.3 is 5.69 Å². The van der Waals surface area contributed by atoms with Crippen molar-refractivity contribution in [3.05, 3.63) is 69.0 Å². The quantitative estimate of drug-likeness (QED) is 0.680. The second kappa shape index (κ2) is 5.31. The number of H-pyrrole nitrogens is 1. The maximum atomic E-state index is 11.7. The summed E-state index contributed by atoms with van der Waals surface area (Å²) in [4.78, 5) is 25.0. The number of benzene rings is 1. The molecule has 0 bridgehead atoms. The van der Waals surface area contributed by atoms with Gasteiger partial charge in [0, 0.05) is 16.7 Å². The Balaban J connectivity index is 2.50. The molecular weight excluding hydrogens is 331 g/mol. The number of rotatable bonds is 3. The molecule has 0 aliphatic heterocycles. The maximum absolute atomic E-state index is 11.7. The summed E-state index contributed by atoms with van der Waals surface area (Å²) >= 11 is 2.23. The van der Waals surface area contributed by atoms with Crippen molar-refractivity contribution >= 4 is 22.6 Å². The maximum Gasteiger partial charge on any atom is 0.328 e. The Bertz CT molecular complexity index is 604. The molecule has 2 aromatic rings. The van der Waals surface area contributed by atoms with Crippen LogP contribution < -0.4 is 11.2 Å². The van der Waals surface area contributed by atoms with Gasteiger partial charge in [0.2, 0.25) is 0 Å². The van der Waals surface area contributed by atoms with Gasteiger partial charge in [0.1, 0.15) is 0 Å². The molecule has 2 rings (SSSR count). The molecule has 0 aliphatic rings. The van der Waals surface area contributed by atoms with E-state index in [1.54, 1.807) is 4.57 Å². The van der Waals surface area contributed by atoms with Crippen LogP contribution in [0.5, 0.6) is 0 Å². The molecule has 1 atom stereocenters. The molecule has 5 heteroatoms. The van der Waals surface area contributed by atoms with Crippen molar-refractivity contribution in [1.82, 2.24) is 9.55 Å². The smallest absolute Gasteiger partial charge is 0.292 e. The van der Waals surface area contributed by atoms with Crippen LogP contribution >= 0.6 is 22.6 Å². The molecule has 0 saturated heterocycles. The average Bonchev–Trinajstić information content (AvgIpc) is 2.34.